The Bertz CT molecular complexity index is 749. The van der Waals surface area contributed by atoms with E-state index >= 15 is 0 Å². The quantitative estimate of drug-likeness (QED) is 0.673. The summed E-state index contributed by atoms with van der Waals surface area (Å²) in [5.74, 6) is 1.66. The maximum atomic E-state index is 6.06. The lowest BCUT2D eigenvalue weighted by Crippen LogP contribution is -2.09. The topological polar surface area (TPSA) is 30.7 Å². The fraction of sp³-hybridized carbons (Fsp3) is 0.294. The van der Waals surface area contributed by atoms with Crippen LogP contribution in [0.4, 0.5) is 0 Å². The first-order chi connectivity index (χ1) is 10.2. The van der Waals surface area contributed by atoms with Crippen LogP contribution in [0, 0.1) is 6.92 Å². The summed E-state index contributed by atoms with van der Waals surface area (Å²) < 4.78 is 2.14. The second-order valence-electron chi connectivity index (χ2n) is 5.44. The van der Waals surface area contributed by atoms with Crippen LogP contribution in [0.25, 0.3) is 11.2 Å². The summed E-state index contributed by atoms with van der Waals surface area (Å²) in [7, 11) is 0. The summed E-state index contributed by atoms with van der Waals surface area (Å²) in [5.41, 5.74) is 4.27. The van der Waals surface area contributed by atoms with E-state index in [1.807, 2.05) is 19.2 Å². The summed E-state index contributed by atoms with van der Waals surface area (Å²) in [6.07, 6.45) is 1.88. The van der Waals surface area contributed by atoms with Crippen LogP contribution < -0.4 is 0 Å². The highest BCUT2D eigenvalue weighted by molar-refractivity contribution is 6.16. The van der Waals surface area contributed by atoms with Gasteiger partial charge in [0.15, 0.2) is 5.65 Å². The van der Waals surface area contributed by atoms with Gasteiger partial charge >= 0.3 is 0 Å². The molecule has 0 amide bonds. The van der Waals surface area contributed by atoms with Gasteiger partial charge in [0, 0.05) is 12.7 Å². The van der Waals surface area contributed by atoms with E-state index in [1.54, 1.807) is 0 Å². The van der Waals surface area contributed by atoms with Gasteiger partial charge in [-0.2, -0.15) is 0 Å². The van der Waals surface area contributed by atoms with Crippen LogP contribution in [0.5, 0.6) is 0 Å². The molecule has 0 radical (unpaired) electrons. The Morgan fingerprint density at radius 2 is 2.00 bits per heavy atom. The number of aromatic nitrogens is 3. The van der Waals surface area contributed by atoms with Gasteiger partial charge in [-0.1, -0.05) is 37.3 Å². The summed E-state index contributed by atoms with van der Waals surface area (Å²) >= 11 is 6.06. The Kier molecular flexibility index (Phi) is 3.93. The molecule has 1 aromatic carbocycles. The molecule has 0 saturated heterocycles. The second-order valence-corrected chi connectivity index (χ2v) is 5.71. The molecule has 2 heterocycles. The molecule has 0 fully saturated rings. The van der Waals surface area contributed by atoms with Crippen LogP contribution in [0.2, 0.25) is 0 Å². The van der Waals surface area contributed by atoms with E-state index in [1.165, 1.54) is 5.56 Å². The third-order valence-electron chi connectivity index (χ3n) is 3.75. The first kappa shape index (κ1) is 14.1. The Morgan fingerprint density at radius 3 is 2.71 bits per heavy atom. The van der Waals surface area contributed by atoms with E-state index < -0.39 is 0 Å². The van der Waals surface area contributed by atoms with Crippen molar-refractivity contribution in [3.8, 4) is 0 Å². The molecule has 3 rings (SSSR count). The zero-order valence-electron chi connectivity index (χ0n) is 12.3. The summed E-state index contributed by atoms with van der Waals surface area (Å²) in [4.78, 5) is 9.15. The first-order valence-electron chi connectivity index (χ1n) is 7.11. The number of alkyl halides is 1. The Morgan fingerprint density at radius 1 is 1.24 bits per heavy atom. The molecule has 0 aliphatic heterocycles. The van der Waals surface area contributed by atoms with E-state index in [0.717, 1.165) is 29.1 Å². The average molecular weight is 300 g/mol. The van der Waals surface area contributed by atoms with Crippen molar-refractivity contribution >= 4 is 22.8 Å². The Balaban J connectivity index is 1.99. The van der Waals surface area contributed by atoms with E-state index in [0.29, 0.717) is 11.8 Å². The highest BCUT2D eigenvalue weighted by atomic mass is 35.5. The molecule has 0 spiro atoms. The fourth-order valence-electron chi connectivity index (χ4n) is 2.61. The molecular weight excluding hydrogens is 282 g/mol. The molecule has 4 heteroatoms. The van der Waals surface area contributed by atoms with Crippen molar-refractivity contribution < 1.29 is 0 Å². The smallest absolute Gasteiger partial charge is 0.160 e. The van der Waals surface area contributed by atoms with Crippen molar-refractivity contribution in [1.82, 2.24) is 14.5 Å². The highest BCUT2D eigenvalue weighted by Crippen LogP contribution is 2.22. The molecular formula is C17H18ClN3. The minimum Gasteiger partial charge on any atom is -0.311 e. The van der Waals surface area contributed by atoms with E-state index in [2.05, 4.69) is 51.8 Å². The number of hydrogen-bond acceptors (Lipinski definition) is 2. The lowest BCUT2D eigenvalue weighted by Gasteiger charge is -2.14. The lowest BCUT2D eigenvalue weighted by atomic mass is 10.0. The Hall–Kier alpha value is -1.87. The Labute approximate surface area is 129 Å². The number of imidazole rings is 1. The number of rotatable bonds is 4. The first-order valence-corrected chi connectivity index (χ1v) is 7.65. The van der Waals surface area contributed by atoms with Gasteiger partial charge in [-0.15, -0.1) is 11.6 Å². The number of halogens is 1. The largest absolute Gasteiger partial charge is 0.311 e. The van der Waals surface area contributed by atoms with Gasteiger partial charge in [-0.05, 0) is 30.0 Å². The molecule has 0 aliphatic carbocycles. The molecule has 1 unspecified atom stereocenters. The van der Waals surface area contributed by atoms with Crippen LogP contribution in [-0.2, 0) is 12.4 Å². The van der Waals surface area contributed by atoms with Gasteiger partial charge in [-0.3, -0.25) is 0 Å². The number of fused-ring (bicyclic) bond motifs is 1. The van der Waals surface area contributed by atoms with E-state index in [9.17, 15) is 0 Å². The molecule has 3 nitrogen and oxygen atoms in total. The van der Waals surface area contributed by atoms with Gasteiger partial charge < -0.3 is 4.57 Å². The maximum absolute atomic E-state index is 6.06. The molecule has 2 aromatic heterocycles. The predicted octanol–water partition coefficient (Wildman–Crippen LogP) is 4.28. The standard InChI is InChI=1S/C17H18ClN3/c1-12-8-15-17(19-10-12)21(16(9-18)20-15)11-13(2)14-6-4-3-5-7-14/h3-8,10,13H,9,11H2,1-2H3. The third kappa shape index (κ3) is 2.79. The van der Waals surface area contributed by atoms with Crippen LogP contribution in [0.3, 0.4) is 0 Å². The van der Waals surface area contributed by atoms with Crippen LogP contribution in [0.15, 0.2) is 42.6 Å². The summed E-state index contributed by atoms with van der Waals surface area (Å²) in [6, 6.07) is 12.5. The van der Waals surface area contributed by atoms with Crippen molar-refractivity contribution in [2.75, 3.05) is 0 Å². The SMILES string of the molecule is Cc1cnc2c(c1)nc(CCl)n2CC(C)c1ccccc1. The summed E-state index contributed by atoms with van der Waals surface area (Å²) in [6.45, 7) is 5.07. The average Bonchev–Trinajstić information content (AvgIpc) is 2.85. The van der Waals surface area contributed by atoms with E-state index in [4.69, 9.17) is 11.6 Å². The molecule has 0 N–H and O–H groups in total. The number of aryl methyl sites for hydroxylation is 1. The highest BCUT2D eigenvalue weighted by Gasteiger charge is 2.14. The van der Waals surface area contributed by atoms with Crippen LogP contribution in [0.1, 0.15) is 29.8 Å². The minimum absolute atomic E-state index is 0.383. The lowest BCUT2D eigenvalue weighted by molar-refractivity contribution is 0.591. The molecule has 0 saturated carbocycles. The van der Waals surface area contributed by atoms with Crippen molar-refractivity contribution in [2.24, 2.45) is 0 Å². The maximum Gasteiger partial charge on any atom is 0.160 e. The normalized spacial score (nSPS) is 12.7. The van der Waals surface area contributed by atoms with Gasteiger partial charge in [0.05, 0.1) is 5.88 Å². The molecule has 1 atom stereocenters. The molecule has 0 bridgehead atoms. The van der Waals surface area contributed by atoms with Crippen molar-refractivity contribution in [3.05, 3.63) is 59.5 Å². The van der Waals surface area contributed by atoms with E-state index in [-0.39, 0.29) is 0 Å². The fourth-order valence-corrected chi connectivity index (χ4v) is 2.82. The van der Waals surface area contributed by atoms with Gasteiger partial charge in [0.25, 0.3) is 0 Å². The molecule has 108 valence electrons. The van der Waals surface area contributed by atoms with Crippen molar-refractivity contribution in [1.29, 1.82) is 0 Å². The van der Waals surface area contributed by atoms with Gasteiger partial charge in [-0.25, -0.2) is 9.97 Å². The van der Waals surface area contributed by atoms with Crippen molar-refractivity contribution in [2.45, 2.75) is 32.2 Å². The van der Waals surface area contributed by atoms with Crippen LogP contribution >= 0.6 is 11.6 Å². The zero-order chi connectivity index (χ0) is 14.8. The van der Waals surface area contributed by atoms with Gasteiger partial charge in [0.2, 0.25) is 0 Å². The number of hydrogen-bond donors (Lipinski definition) is 0. The zero-order valence-corrected chi connectivity index (χ0v) is 13.0. The number of benzene rings is 1. The van der Waals surface area contributed by atoms with Gasteiger partial charge in [0.1, 0.15) is 11.3 Å². The summed E-state index contributed by atoms with van der Waals surface area (Å²) in [5, 5.41) is 0. The van der Waals surface area contributed by atoms with Crippen LogP contribution in [-0.4, -0.2) is 14.5 Å². The monoisotopic (exact) mass is 299 g/mol. The second kappa shape index (κ2) is 5.86. The number of pyridine rings is 1. The predicted molar refractivity (Wildman–Crippen MR) is 86.7 cm³/mol. The third-order valence-corrected chi connectivity index (χ3v) is 3.98. The molecule has 21 heavy (non-hydrogen) atoms. The molecule has 0 aliphatic rings. The van der Waals surface area contributed by atoms with Crippen molar-refractivity contribution in [3.63, 3.8) is 0 Å². The molecule has 3 aromatic rings. The minimum atomic E-state index is 0.383. The number of nitrogens with zero attached hydrogens (tertiary/aromatic N) is 3.